The Labute approximate surface area is 191 Å². The van der Waals surface area contributed by atoms with Crippen LogP contribution in [0.1, 0.15) is 70.4 Å². The van der Waals surface area contributed by atoms with E-state index in [-0.39, 0.29) is 24.3 Å². The van der Waals surface area contributed by atoms with Crippen LogP contribution in [0.4, 0.5) is 0 Å². The SMILES string of the molecule is CCCC(C)c1cccc(C[C@H](NC(=O)[C@H](C)[C@@H](OC)[C@@H]2CCCN2C(C)=O)C(=O)O)c1. The lowest BCUT2D eigenvalue weighted by atomic mass is 9.92. The highest BCUT2D eigenvalue weighted by Gasteiger charge is 2.39. The minimum Gasteiger partial charge on any atom is -0.480 e. The number of nitrogens with one attached hydrogen (secondary N) is 1. The molecule has 0 spiro atoms. The second kappa shape index (κ2) is 12.0. The summed E-state index contributed by atoms with van der Waals surface area (Å²) in [6.07, 6.45) is 3.50. The molecule has 0 bridgehead atoms. The molecular weight excluding hydrogens is 408 g/mol. The lowest BCUT2D eigenvalue weighted by molar-refractivity contribution is -0.144. The van der Waals surface area contributed by atoms with Crippen LogP contribution >= 0.6 is 0 Å². The van der Waals surface area contributed by atoms with Crippen molar-refractivity contribution >= 4 is 17.8 Å². The summed E-state index contributed by atoms with van der Waals surface area (Å²) in [6.45, 7) is 8.21. The highest BCUT2D eigenvalue weighted by atomic mass is 16.5. The van der Waals surface area contributed by atoms with Gasteiger partial charge in [-0.1, -0.05) is 51.5 Å². The Morgan fingerprint density at radius 2 is 2.00 bits per heavy atom. The maximum atomic E-state index is 13.0. The average Bonchev–Trinajstić information content (AvgIpc) is 3.24. The fraction of sp³-hybridized carbons (Fsp3) is 0.640. The molecule has 7 nitrogen and oxygen atoms in total. The number of ether oxygens (including phenoxy) is 1. The number of amides is 2. The largest absolute Gasteiger partial charge is 0.480 e. The van der Waals surface area contributed by atoms with E-state index in [4.69, 9.17) is 4.74 Å². The van der Waals surface area contributed by atoms with E-state index < -0.39 is 24.0 Å². The quantitative estimate of drug-likeness (QED) is 0.543. The van der Waals surface area contributed by atoms with Gasteiger partial charge in [-0.2, -0.15) is 0 Å². The Morgan fingerprint density at radius 3 is 2.59 bits per heavy atom. The molecule has 1 fully saturated rings. The summed E-state index contributed by atoms with van der Waals surface area (Å²) >= 11 is 0. The van der Waals surface area contributed by atoms with E-state index in [1.165, 1.54) is 19.6 Å². The summed E-state index contributed by atoms with van der Waals surface area (Å²) < 4.78 is 5.62. The predicted molar refractivity (Wildman–Crippen MR) is 123 cm³/mol. The molecule has 2 amide bonds. The molecular formula is C25H38N2O5. The minimum atomic E-state index is -1.07. The zero-order valence-electron chi connectivity index (χ0n) is 20.0. The number of hydrogen-bond acceptors (Lipinski definition) is 4. The van der Waals surface area contributed by atoms with Gasteiger partial charge < -0.3 is 20.1 Å². The van der Waals surface area contributed by atoms with Crippen LogP contribution < -0.4 is 5.32 Å². The van der Waals surface area contributed by atoms with Gasteiger partial charge in [-0.15, -0.1) is 0 Å². The van der Waals surface area contributed by atoms with E-state index in [2.05, 4.69) is 25.2 Å². The third kappa shape index (κ3) is 6.55. The fourth-order valence-electron chi connectivity index (χ4n) is 4.73. The van der Waals surface area contributed by atoms with Crippen molar-refractivity contribution in [2.24, 2.45) is 5.92 Å². The number of likely N-dealkylation sites (tertiary alicyclic amines) is 1. The molecule has 1 aliphatic rings. The van der Waals surface area contributed by atoms with Crippen molar-refractivity contribution in [3.63, 3.8) is 0 Å². The van der Waals surface area contributed by atoms with Gasteiger partial charge in [-0.3, -0.25) is 9.59 Å². The predicted octanol–water partition coefficient (Wildman–Crippen LogP) is 3.36. The molecule has 1 aromatic rings. The van der Waals surface area contributed by atoms with E-state index in [1.807, 2.05) is 18.2 Å². The van der Waals surface area contributed by atoms with Crippen molar-refractivity contribution in [2.75, 3.05) is 13.7 Å². The molecule has 0 aliphatic carbocycles. The van der Waals surface area contributed by atoms with Crippen LogP contribution in [0.2, 0.25) is 0 Å². The number of carboxylic acids is 1. The number of methoxy groups -OCH3 is 1. The van der Waals surface area contributed by atoms with Crippen molar-refractivity contribution < 1.29 is 24.2 Å². The van der Waals surface area contributed by atoms with Gasteiger partial charge in [0.15, 0.2) is 0 Å². The molecule has 0 saturated carbocycles. The summed E-state index contributed by atoms with van der Waals surface area (Å²) in [5, 5.41) is 12.5. The highest BCUT2D eigenvalue weighted by molar-refractivity contribution is 5.85. The average molecular weight is 447 g/mol. The van der Waals surface area contributed by atoms with Gasteiger partial charge in [0.25, 0.3) is 0 Å². The molecule has 1 saturated heterocycles. The van der Waals surface area contributed by atoms with Gasteiger partial charge in [0.1, 0.15) is 6.04 Å². The van der Waals surface area contributed by atoms with Crippen molar-refractivity contribution in [1.82, 2.24) is 10.2 Å². The van der Waals surface area contributed by atoms with Gasteiger partial charge in [0.2, 0.25) is 11.8 Å². The van der Waals surface area contributed by atoms with E-state index in [0.29, 0.717) is 12.5 Å². The second-order valence-electron chi connectivity index (χ2n) is 8.95. The van der Waals surface area contributed by atoms with Gasteiger partial charge in [-0.05, 0) is 36.3 Å². The number of carbonyl (C=O) groups excluding carboxylic acids is 2. The molecule has 0 aromatic heterocycles. The van der Waals surface area contributed by atoms with Crippen molar-refractivity contribution in [2.45, 2.75) is 83.9 Å². The first kappa shape index (κ1) is 25.8. The summed E-state index contributed by atoms with van der Waals surface area (Å²) in [7, 11) is 1.53. The van der Waals surface area contributed by atoms with Gasteiger partial charge in [0.05, 0.1) is 18.1 Å². The third-order valence-electron chi connectivity index (χ3n) is 6.56. The fourth-order valence-corrected chi connectivity index (χ4v) is 4.73. The Morgan fingerprint density at radius 1 is 1.28 bits per heavy atom. The van der Waals surface area contributed by atoms with Crippen molar-refractivity contribution in [1.29, 1.82) is 0 Å². The topological polar surface area (TPSA) is 95.9 Å². The van der Waals surface area contributed by atoms with E-state index in [1.54, 1.807) is 11.8 Å². The van der Waals surface area contributed by atoms with E-state index in [9.17, 15) is 19.5 Å². The monoisotopic (exact) mass is 446 g/mol. The molecule has 7 heteroatoms. The normalized spacial score (nSPS) is 19.8. The number of benzene rings is 1. The molecule has 1 heterocycles. The molecule has 0 radical (unpaired) electrons. The van der Waals surface area contributed by atoms with Gasteiger partial charge >= 0.3 is 5.97 Å². The number of nitrogens with zero attached hydrogens (tertiary/aromatic N) is 1. The Hall–Kier alpha value is -2.41. The highest BCUT2D eigenvalue weighted by Crippen LogP contribution is 2.27. The van der Waals surface area contributed by atoms with Crippen molar-refractivity contribution in [3.05, 3.63) is 35.4 Å². The van der Waals surface area contributed by atoms with Crippen LogP contribution in [0.5, 0.6) is 0 Å². The minimum absolute atomic E-state index is 0.0391. The molecule has 1 aromatic carbocycles. The van der Waals surface area contributed by atoms with Crippen molar-refractivity contribution in [3.8, 4) is 0 Å². The van der Waals surface area contributed by atoms with Crippen LogP contribution in [0.15, 0.2) is 24.3 Å². The first-order valence-corrected chi connectivity index (χ1v) is 11.6. The number of hydrogen-bond donors (Lipinski definition) is 2. The number of carbonyl (C=O) groups is 3. The van der Waals surface area contributed by atoms with Crippen LogP contribution in [-0.2, 0) is 25.5 Å². The molecule has 1 aliphatic heterocycles. The van der Waals surface area contributed by atoms with Crippen LogP contribution in [0.3, 0.4) is 0 Å². The summed E-state index contributed by atoms with van der Waals surface area (Å²) in [5.41, 5.74) is 2.06. The zero-order chi connectivity index (χ0) is 23.8. The summed E-state index contributed by atoms with van der Waals surface area (Å²) in [4.78, 5) is 38.6. The van der Waals surface area contributed by atoms with Crippen LogP contribution in [0, 0.1) is 5.92 Å². The molecule has 2 N–H and O–H groups in total. The Kier molecular flexibility index (Phi) is 9.69. The van der Waals surface area contributed by atoms with Crippen LogP contribution in [0.25, 0.3) is 0 Å². The lowest BCUT2D eigenvalue weighted by Gasteiger charge is -2.33. The maximum Gasteiger partial charge on any atom is 0.326 e. The number of carboxylic acid groups (broad SMARTS) is 1. The second-order valence-corrected chi connectivity index (χ2v) is 8.95. The van der Waals surface area contributed by atoms with Gasteiger partial charge in [-0.25, -0.2) is 4.79 Å². The lowest BCUT2D eigenvalue weighted by Crippen LogP contribution is -2.52. The number of rotatable bonds is 11. The molecule has 2 rings (SSSR count). The number of aliphatic carboxylic acids is 1. The summed E-state index contributed by atoms with van der Waals surface area (Å²) in [6, 6.07) is 6.72. The maximum absolute atomic E-state index is 13.0. The standard InChI is InChI=1S/C25H38N2O5/c1-6-9-16(2)20-11-7-10-19(14-20)15-21(25(30)31)26-24(29)17(3)23(32-5)22-12-8-13-27(22)18(4)28/h7,10-11,14,16-17,21-23H,6,8-9,12-13,15H2,1-5H3,(H,26,29)(H,30,31)/t16?,17-,21+,22+,23-/m1/s1. The third-order valence-corrected chi connectivity index (χ3v) is 6.56. The molecule has 5 atom stereocenters. The summed E-state index contributed by atoms with van der Waals surface area (Å²) in [5.74, 6) is -1.69. The Bertz CT molecular complexity index is 796. The smallest absolute Gasteiger partial charge is 0.326 e. The molecule has 1 unspecified atom stereocenters. The first-order valence-electron chi connectivity index (χ1n) is 11.6. The first-order chi connectivity index (χ1) is 15.2. The zero-order valence-corrected chi connectivity index (χ0v) is 20.0. The van der Waals surface area contributed by atoms with E-state index in [0.717, 1.165) is 31.2 Å². The van der Waals surface area contributed by atoms with Gasteiger partial charge in [0, 0.05) is 27.0 Å². The molecule has 32 heavy (non-hydrogen) atoms. The molecule has 178 valence electrons. The van der Waals surface area contributed by atoms with E-state index >= 15 is 0 Å². The van der Waals surface area contributed by atoms with Crippen LogP contribution in [-0.4, -0.2) is 59.6 Å². The Balaban J connectivity index is 2.10.